The van der Waals surface area contributed by atoms with Crippen LogP contribution in [0.2, 0.25) is 0 Å². The summed E-state index contributed by atoms with van der Waals surface area (Å²) in [5.41, 5.74) is 2.84. The summed E-state index contributed by atoms with van der Waals surface area (Å²) in [6.45, 7) is 15.4. The second-order valence-electron chi connectivity index (χ2n) is 8.97. The smallest absolute Gasteiger partial charge is 0.314 e. The van der Waals surface area contributed by atoms with Gasteiger partial charge in [-0.2, -0.15) is 5.10 Å². The first-order chi connectivity index (χ1) is 13.7. The zero-order valence-corrected chi connectivity index (χ0v) is 18.2. The summed E-state index contributed by atoms with van der Waals surface area (Å²) in [5.74, 6) is 0.710. The molecule has 3 N–H and O–H groups in total. The number of piperazine rings is 1. The molecule has 3 rings (SSSR count). The fourth-order valence-corrected chi connectivity index (χ4v) is 3.41. The van der Waals surface area contributed by atoms with Gasteiger partial charge in [0.2, 0.25) is 0 Å². The molecule has 1 fully saturated rings. The molecule has 7 nitrogen and oxygen atoms in total. The molecule has 0 radical (unpaired) electrons. The summed E-state index contributed by atoms with van der Waals surface area (Å²) in [6.07, 6.45) is 0. The number of carbonyl (C=O) groups excluding carboxylic acids is 1. The lowest BCUT2D eigenvalue weighted by atomic mass is 9.92. The number of rotatable bonds is 5. The van der Waals surface area contributed by atoms with Crippen LogP contribution in [-0.2, 0) is 12.0 Å². The molecule has 2 amide bonds. The monoisotopic (exact) mass is 398 g/mol. The van der Waals surface area contributed by atoms with Crippen LogP contribution in [0.15, 0.2) is 30.3 Å². The topological polar surface area (TPSA) is 74.2 Å². The minimum absolute atomic E-state index is 0.0804. The van der Waals surface area contributed by atoms with Crippen molar-refractivity contribution in [2.75, 3.05) is 36.8 Å². The summed E-state index contributed by atoms with van der Waals surface area (Å²) in [4.78, 5) is 15.2. The Bertz CT molecular complexity index is 830. The molecule has 0 spiro atoms. The molecule has 2 heterocycles. The predicted molar refractivity (Wildman–Crippen MR) is 119 cm³/mol. The van der Waals surface area contributed by atoms with Crippen molar-refractivity contribution >= 4 is 17.5 Å². The largest absolute Gasteiger partial charge is 0.324 e. The number of hydrogen-bond donors (Lipinski definition) is 3. The quantitative estimate of drug-likeness (QED) is 0.716. The van der Waals surface area contributed by atoms with Crippen LogP contribution in [0.25, 0.3) is 0 Å². The Kier molecular flexibility index (Phi) is 6.59. The molecule has 0 bridgehead atoms. The zero-order valence-electron chi connectivity index (χ0n) is 18.2. The van der Waals surface area contributed by atoms with E-state index in [1.165, 1.54) is 0 Å². The van der Waals surface area contributed by atoms with Crippen molar-refractivity contribution in [3.63, 3.8) is 0 Å². The summed E-state index contributed by atoms with van der Waals surface area (Å²) < 4.78 is 1.87. The third-order valence-corrected chi connectivity index (χ3v) is 5.10. The average molecular weight is 399 g/mol. The van der Waals surface area contributed by atoms with Gasteiger partial charge in [-0.3, -0.25) is 10.2 Å². The van der Waals surface area contributed by atoms with Gasteiger partial charge >= 0.3 is 6.03 Å². The summed E-state index contributed by atoms with van der Waals surface area (Å²) in [5, 5.41) is 14.1. The maximum absolute atomic E-state index is 12.8. The molecule has 0 aliphatic carbocycles. The molecule has 158 valence electrons. The van der Waals surface area contributed by atoms with Gasteiger partial charge < -0.3 is 10.6 Å². The number of carbonyl (C=O) groups is 1. The number of amides is 2. The van der Waals surface area contributed by atoms with Gasteiger partial charge in [-0.25, -0.2) is 9.48 Å². The number of nitrogens with one attached hydrogen (secondary N) is 3. The van der Waals surface area contributed by atoms with Gasteiger partial charge in [0.05, 0.1) is 5.69 Å². The molecule has 0 atom stereocenters. The highest BCUT2D eigenvalue weighted by atomic mass is 16.2. The first kappa shape index (κ1) is 21.3. The van der Waals surface area contributed by atoms with Crippen LogP contribution in [0.3, 0.4) is 0 Å². The fraction of sp³-hybridized carbons (Fsp3) is 0.545. The first-order valence-corrected chi connectivity index (χ1v) is 10.4. The summed E-state index contributed by atoms with van der Waals surface area (Å²) >= 11 is 0. The zero-order chi connectivity index (χ0) is 21.0. The molecule has 1 aliphatic rings. The van der Waals surface area contributed by atoms with Crippen LogP contribution >= 0.6 is 0 Å². The summed E-state index contributed by atoms with van der Waals surface area (Å²) in [7, 11) is 0. The van der Waals surface area contributed by atoms with Crippen LogP contribution in [0.5, 0.6) is 0 Å². The molecule has 1 aromatic heterocycles. The highest BCUT2D eigenvalue weighted by molar-refractivity contribution is 5.99. The second-order valence-corrected chi connectivity index (χ2v) is 8.97. The van der Waals surface area contributed by atoms with E-state index in [0.717, 1.165) is 49.7 Å². The third kappa shape index (κ3) is 5.58. The Balaban J connectivity index is 1.72. The van der Waals surface area contributed by atoms with Crippen molar-refractivity contribution in [3.8, 4) is 0 Å². The lowest BCUT2D eigenvalue weighted by Gasteiger charge is -2.28. The van der Waals surface area contributed by atoms with Gasteiger partial charge in [0.1, 0.15) is 5.82 Å². The van der Waals surface area contributed by atoms with Gasteiger partial charge in [0, 0.05) is 55.9 Å². The van der Waals surface area contributed by atoms with E-state index in [4.69, 9.17) is 5.10 Å². The molecule has 0 unspecified atom stereocenters. The van der Waals surface area contributed by atoms with Crippen LogP contribution in [0, 0.1) is 0 Å². The second kappa shape index (κ2) is 8.97. The van der Waals surface area contributed by atoms with Gasteiger partial charge in [0.25, 0.3) is 0 Å². The van der Waals surface area contributed by atoms with Crippen molar-refractivity contribution in [3.05, 3.63) is 41.6 Å². The Morgan fingerprint density at radius 3 is 2.52 bits per heavy atom. The van der Waals surface area contributed by atoms with Crippen LogP contribution in [0.4, 0.5) is 16.3 Å². The number of para-hydroxylation sites is 1. The number of anilines is 2. The summed E-state index contributed by atoms with van der Waals surface area (Å²) in [6, 6.07) is 9.87. The van der Waals surface area contributed by atoms with E-state index in [1.807, 2.05) is 28.9 Å². The van der Waals surface area contributed by atoms with E-state index in [-0.39, 0.29) is 17.5 Å². The van der Waals surface area contributed by atoms with Gasteiger partial charge in [-0.1, -0.05) is 39.0 Å². The number of benzene rings is 1. The molecule has 0 saturated carbocycles. The Morgan fingerprint density at radius 1 is 1.17 bits per heavy atom. The number of hydrogen-bond acceptors (Lipinski definition) is 4. The number of urea groups is 1. The fourth-order valence-electron chi connectivity index (χ4n) is 3.41. The van der Waals surface area contributed by atoms with E-state index < -0.39 is 0 Å². The molecule has 29 heavy (non-hydrogen) atoms. The molecule has 2 aromatic rings. The minimum Gasteiger partial charge on any atom is -0.314 e. The van der Waals surface area contributed by atoms with Crippen molar-refractivity contribution < 1.29 is 4.79 Å². The third-order valence-electron chi connectivity index (χ3n) is 5.10. The number of nitrogens with zero attached hydrogens (tertiary/aromatic N) is 3. The maximum atomic E-state index is 12.8. The lowest BCUT2D eigenvalue weighted by Crippen LogP contribution is -2.43. The van der Waals surface area contributed by atoms with Crippen molar-refractivity contribution in [1.29, 1.82) is 0 Å². The number of aromatic nitrogens is 2. The van der Waals surface area contributed by atoms with Crippen LogP contribution < -0.4 is 16.0 Å². The Labute approximate surface area is 173 Å². The van der Waals surface area contributed by atoms with E-state index in [0.29, 0.717) is 5.82 Å². The van der Waals surface area contributed by atoms with E-state index >= 15 is 0 Å². The van der Waals surface area contributed by atoms with E-state index in [1.54, 1.807) is 0 Å². The molecular weight excluding hydrogens is 364 g/mol. The van der Waals surface area contributed by atoms with Gasteiger partial charge in [-0.15, -0.1) is 0 Å². The molecular formula is C22H34N6O. The molecule has 1 aliphatic heterocycles. The van der Waals surface area contributed by atoms with Gasteiger partial charge in [0.15, 0.2) is 0 Å². The molecule has 1 aromatic carbocycles. The van der Waals surface area contributed by atoms with E-state index in [9.17, 15) is 4.79 Å². The molecule has 7 heteroatoms. The first-order valence-electron chi connectivity index (χ1n) is 10.4. The Hall–Kier alpha value is -2.38. The van der Waals surface area contributed by atoms with Crippen molar-refractivity contribution in [2.24, 2.45) is 0 Å². The standard InChI is InChI=1S/C22H34N6O/c1-16(2)28-20(14-19(26-28)22(3,4)5)25-21(29)24-18-9-7-6-8-17(18)15-27-12-10-23-11-13-27/h6-9,14,16,23H,10-13,15H2,1-5H3,(H2,24,25,29). The van der Waals surface area contributed by atoms with Crippen molar-refractivity contribution in [1.82, 2.24) is 20.0 Å². The highest BCUT2D eigenvalue weighted by Gasteiger charge is 2.22. The van der Waals surface area contributed by atoms with Gasteiger partial charge in [-0.05, 0) is 25.5 Å². The predicted octanol–water partition coefficient (Wildman–Crippen LogP) is 3.81. The normalized spacial score (nSPS) is 15.5. The Morgan fingerprint density at radius 2 is 1.86 bits per heavy atom. The lowest BCUT2D eigenvalue weighted by molar-refractivity contribution is 0.233. The molecule has 1 saturated heterocycles. The van der Waals surface area contributed by atoms with E-state index in [2.05, 4.69) is 61.5 Å². The highest BCUT2D eigenvalue weighted by Crippen LogP contribution is 2.26. The van der Waals surface area contributed by atoms with Crippen LogP contribution in [0.1, 0.15) is 51.9 Å². The van der Waals surface area contributed by atoms with Crippen LogP contribution in [-0.4, -0.2) is 46.9 Å². The minimum atomic E-state index is -0.250. The average Bonchev–Trinajstić information content (AvgIpc) is 3.08. The maximum Gasteiger partial charge on any atom is 0.324 e. The SMILES string of the molecule is CC(C)n1nc(C(C)(C)C)cc1NC(=O)Nc1ccccc1CN1CCNCC1. The van der Waals surface area contributed by atoms with Crippen molar-refractivity contribution in [2.45, 2.75) is 52.6 Å².